The number of aliphatic hydroxyl groups is 1. The molecule has 0 aromatic carbocycles. The predicted octanol–water partition coefficient (Wildman–Crippen LogP) is 0.719. The highest BCUT2D eigenvalue weighted by molar-refractivity contribution is 5.74. The van der Waals surface area contributed by atoms with Crippen molar-refractivity contribution in [3.05, 3.63) is 0 Å². The fraction of sp³-hybridized carbons (Fsp3) is 0.938. The number of aliphatic hydroxyl groups excluding tert-OH is 1. The third-order valence-corrected chi connectivity index (χ3v) is 4.14. The zero-order valence-electron chi connectivity index (χ0n) is 14.6. The van der Waals surface area contributed by atoms with Crippen LogP contribution in [0.3, 0.4) is 0 Å². The molecule has 0 radical (unpaired) electrons. The van der Waals surface area contributed by atoms with Gasteiger partial charge in [-0.25, -0.2) is 4.79 Å². The first-order chi connectivity index (χ1) is 10.4. The number of likely N-dealkylation sites (tertiary alicyclic amines) is 1. The first-order valence-corrected chi connectivity index (χ1v) is 8.46. The Balaban J connectivity index is 2.14. The normalized spacial score (nSPS) is 19.9. The number of piperidine rings is 1. The molecule has 0 spiro atoms. The maximum atomic E-state index is 11.9. The van der Waals surface area contributed by atoms with Crippen molar-refractivity contribution >= 4 is 6.03 Å². The molecule has 22 heavy (non-hydrogen) atoms. The molecule has 1 fully saturated rings. The number of carbonyl (C=O) groups excluding carboxylic acids is 1. The number of hydrogen-bond donors (Lipinski definition) is 3. The number of urea groups is 1. The van der Waals surface area contributed by atoms with Crippen LogP contribution in [-0.2, 0) is 0 Å². The van der Waals surface area contributed by atoms with Gasteiger partial charge in [0.05, 0.1) is 6.10 Å². The topological polar surface area (TPSA) is 67.8 Å². The second-order valence-electron chi connectivity index (χ2n) is 6.96. The Morgan fingerprint density at radius 2 is 1.95 bits per heavy atom. The van der Waals surface area contributed by atoms with E-state index in [1.807, 2.05) is 6.92 Å². The standard InChI is InChI=1S/C16H34N4O2/c1-13(11-14(2)21)12-17-16(22)18-15-5-7-20(8-6-15)10-9-19(3)4/h13-15,21H,5-12H2,1-4H3,(H2,17,18,22). The predicted molar refractivity (Wildman–Crippen MR) is 90.0 cm³/mol. The number of nitrogens with zero attached hydrogens (tertiary/aromatic N) is 2. The van der Waals surface area contributed by atoms with Crippen LogP contribution in [0.25, 0.3) is 0 Å². The SMILES string of the molecule is CC(O)CC(C)CNC(=O)NC1CCN(CCN(C)C)CC1. The molecule has 0 aromatic rings. The highest BCUT2D eigenvalue weighted by Gasteiger charge is 2.20. The maximum absolute atomic E-state index is 11.9. The molecule has 1 heterocycles. The lowest BCUT2D eigenvalue weighted by molar-refractivity contribution is 0.162. The molecule has 0 saturated carbocycles. The highest BCUT2D eigenvalue weighted by atomic mass is 16.3. The van der Waals surface area contributed by atoms with Crippen molar-refractivity contribution in [2.75, 3.05) is 46.8 Å². The summed E-state index contributed by atoms with van der Waals surface area (Å²) < 4.78 is 0. The lowest BCUT2D eigenvalue weighted by Gasteiger charge is -2.33. The van der Waals surface area contributed by atoms with Gasteiger partial charge in [-0.3, -0.25) is 0 Å². The van der Waals surface area contributed by atoms with Crippen LogP contribution in [-0.4, -0.2) is 79.9 Å². The molecule has 2 unspecified atom stereocenters. The van der Waals surface area contributed by atoms with E-state index in [1.165, 1.54) is 0 Å². The van der Waals surface area contributed by atoms with E-state index in [0.717, 1.165) is 39.0 Å². The smallest absolute Gasteiger partial charge is 0.315 e. The Labute approximate surface area is 135 Å². The first kappa shape index (κ1) is 19.2. The molecular formula is C16H34N4O2. The first-order valence-electron chi connectivity index (χ1n) is 8.46. The third kappa shape index (κ3) is 8.56. The van der Waals surface area contributed by atoms with E-state index >= 15 is 0 Å². The van der Waals surface area contributed by atoms with Gasteiger partial charge in [0.15, 0.2) is 0 Å². The molecular weight excluding hydrogens is 280 g/mol. The van der Waals surface area contributed by atoms with E-state index in [-0.39, 0.29) is 18.2 Å². The molecule has 6 heteroatoms. The van der Waals surface area contributed by atoms with Gasteiger partial charge in [-0.05, 0) is 46.2 Å². The summed E-state index contributed by atoms with van der Waals surface area (Å²) in [6.07, 6.45) is 2.44. The lowest BCUT2D eigenvalue weighted by atomic mass is 10.0. The van der Waals surface area contributed by atoms with Crippen molar-refractivity contribution < 1.29 is 9.90 Å². The lowest BCUT2D eigenvalue weighted by Crippen LogP contribution is -2.49. The fourth-order valence-corrected chi connectivity index (χ4v) is 2.81. The second-order valence-corrected chi connectivity index (χ2v) is 6.96. The van der Waals surface area contributed by atoms with Crippen molar-refractivity contribution in [1.29, 1.82) is 0 Å². The van der Waals surface area contributed by atoms with Crippen LogP contribution in [0.1, 0.15) is 33.1 Å². The van der Waals surface area contributed by atoms with E-state index in [0.29, 0.717) is 18.9 Å². The molecule has 2 amide bonds. The van der Waals surface area contributed by atoms with Crippen molar-refractivity contribution in [2.45, 2.75) is 45.3 Å². The average Bonchev–Trinajstić information content (AvgIpc) is 2.43. The van der Waals surface area contributed by atoms with Gasteiger partial charge in [0, 0.05) is 38.8 Å². The number of carbonyl (C=O) groups is 1. The monoisotopic (exact) mass is 314 g/mol. The van der Waals surface area contributed by atoms with Crippen LogP contribution in [0.15, 0.2) is 0 Å². The van der Waals surface area contributed by atoms with E-state index < -0.39 is 0 Å². The zero-order chi connectivity index (χ0) is 16.5. The van der Waals surface area contributed by atoms with Crippen LogP contribution in [0, 0.1) is 5.92 Å². The van der Waals surface area contributed by atoms with Crippen LogP contribution in [0.2, 0.25) is 0 Å². The van der Waals surface area contributed by atoms with Gasteiger partial charge in [-0.2, -0.15) is 0 Å². The van der Waals surface area contributed by atoms with Gasteiger partial charge in [-0.1, -0.05) is 6.92 Å². The number of likely N-dealkylation sites (N-methyl/N-ethyl adjacent to an activating group) is 1. The summed E-state index contributed by atoms with van der Waals surface area (Å²) in [4.78, 5) is 16.6. The molecule has 0 bridgehead atoms. The summed E-state index contributed by atoms with van der Waals surface area (Å²) in [5, 5.41) is 15.3. The zero-order valence-corrected chi connectivity index (χ0v) is 14.6. The number of rotatable bonds is 8. The van der Waals surface area contributed by atoms with Gasteiger partial charge in [-0.15, -0.1) is 0 Å². The summed E-state index contributed by atoms with van der Waals surface area (Å²) in [6.45, 7) is 8.71. The third-order valence-electron chi connectivity index (χ3n) is 4.14. The summed E-state index contributed by atoms with van der Waals surface area (Å²) >= 11 is 0. The minimum atomic E-state index is -0.314. The number of hydrogen-bond acceptors (Lipinski definition) is 4. The van der Waals surface area contributed by atoms with Crippen LogP contribution < -0.4 is 10.6 Å². The highest BCUT2D eigenvalue weighted by Crippen LogP contribution is 2.10. The fourth-order valence-electron chi connectivity index (χ4n) is 2.81. The Kier molecular flexibility index (Phi) is 8.75. The molecule has 1 saturated heterocycles. The average molecular weight is 314 g/mol. The summed E-state index contributed by atoms with van der Waals surface area (Å²) in [5.74, 6) is 0.290. The van der Waals surface area contributed by atoms with Crippen molar-refractivity contribution in [3.63, 3.8) is 0 Å². The molecule has 1 aliphatic rings. The Hall–Kier alpha value is -0.850. The Morgan fingerprint density at radius 1 is 1.32 bits per heavy atom. The minimum Gasteiger partial charge on any atom is -0.393 e. The molecule has 0 aliphatic carbocycles. The van der Waals surface area contributed by atoms with Crippen LogP contribution in [0.5, 0.6) is 0 Å². The largest absolute Gasteiger partial charge is 0.393 e. The summed E-state index contributed by atoms with van der Waals surface area (Å²) in [5.41, 5.74) is 0. The van der Waals surface area contributed by atoms with Gasteiger partial charge >= 0.3 is 6.03 Å². The summed E-state index contributed by atoms with van der Waals surface area (Å²) in [6, 6.07) is 0.201. The van der Waals surface area contributed by atoms with Gasteiger partial charge in [0.1, 0.15) is 0 Å². The molecule has 1 aliphatic heterocycles. The van der Waals surface area contributed by atoms with Gasteiger partial charge in [0.25, 0.3) is 0 Å². The van der Waals surface area contributed by atoms with Crippen molar-refractivity contribution in [1.82, 2.24) is 20.4 Å². The van der Waals surface area contributed by atoms with Crippen molar-refractivity contribution in [2.24, 2.45) is 5.92 Å². The number of amides is 2. The summed E-state index contributed by atoms with van der Waals surface area (Å²) in [7, 11) is 4.19. The second kappa shape index (κ2) is 10.0. The van der Waals surface area contributed by atoms with Gasteiger partial charge < -0.3 is 25.5 Å². The molecule has 3 N–H and O–H groups in total. The van der Waals surface area contributed by atoms with Crippen LogP contribution in [0.4, 0.5) is 4.79 Å². The quantitative estimate of drug-likeness (QED) is 0.617. The number of nitrogens with one attached hydrogen (secondary N) is 2. The Bertz CT molecular complexity index is 315. The molecule has 6 nitrogen and oxygen atoms in total. The van der Waals surface area contributed by atoms with Crippen LogP contribution >= 0.6 is 0 Å². The van der Waals surface area contributed by atoms with E-state index in [2.05, 4.69) is 34.5 Å². The Morgan fingerprint density at radius 3 is 2.50 bits per heavy atom. The van der Waals surface area contributed by atoms with E-state index in [9.17, 15) is 9.90 Å². The van der Waals surface area contributed by atoms with E-state index in [1.54, 1.807) is 6.92 Å². The minimum absolute atomic E-state index is 0.0795. The maximum Gasteiger partial charge on any atom is 0.315 e. The molecule has 2 atom stereocenters. The van der Waals surface area contributed by atoms with Crippen molar-refractivity contribution in [3.8, 4) is 0 Å². The van der Waals surface area contributed by atoms with Gasteiger partial charge in [0.2, 0.25) is 0 Å². The molecule has 0 aromatic heterocycles. The molecule has 130 valence electrons. The van der Waals surface area contributed by atoms with E-state index in [4.69, 9.17) is 0 Å². The molecule has 1 rings (SSSR count).